The van der Waals surface area contributed by atoms with Gasteiger partial charge in [0, 0.05) is 43.0 Å². The predicted octanol–water partition coefficient (Wildman–Crippen LogP) is 4.68. The number of anilines is 2. The maximum absolute atomic E-state index is 12.7. The molecule has 0 spiro atoms. The summed E-state index contributed by atoms with van der Waals surface area (Å²) in [6.45, 7) is 1.75. The summed E-state index contributed by atoms with van der Waals surface area (Å²) in [4.78, 5) is 15.9. The predicted molar refractivity (Wildman–Crippen MR) is 135 cm³/mol. The van der Waals surface area contributed by atoms with Gasteiger partial charge in [0.1, 0.15) is 0 Å². The molecule has 1 aromatic heterocycles. The van der Waals surface area contributed by atoms with Crippen molar-refractivity contribution in [3.63, 3.8) is 0 Å². The van der Waals surface area contributed by atoms with Crippen LogP contribution in [0.25, 0.3) is 11.5 Å². The van der Waals surface area contributed by atoms with Gasteiger partial charge in [-0.25, -0.2) is 8.51 Å². The van der Waals surface area contributed by atoms with Crippen molar-refractivity contribution in [3.05, 3.63) is 58.9 Å². The van der Waals surface area contributed by atoms with E-state index >= 15 is 0 Å². The summed E-state index contributed by atoms with van der Waals surface area (Å²) in [5.41, 5.74) is 2.86. The summed E-state index contributed by atoms with van der Waals surface area (Å²) in [6, 6.07) is 12.5. The van der Waals surface area contributed by atoms with Gasteiger partial charge in [-0.1, -0.05) is 23.7 Å². The SMILES string of the molecule is CN(c1cc(Cl)ccc1N(C=O)Cc1ccc(-c2nnc(C(F)F)o2)cc1)C1CCN(S(C)=O)CC1. The van der Waals surface area contributed by atoms with Gasteiger partial charge in [0.15, 0.2) is 0 Å². The first-order valence-corrected chi connectivity index (χ1v) is 13.2. The molecule has 1 saturated heterocycles. The summed E-state index contributed by atoms with van der Waals surface area (Å²) < 4.78 is 44.2. The van der Waals surface area contributed by atoms with Gasteiger partial charge in [-0.2, -0.15) is 8.78 Å². The van der Waals surface area contributed by atoms with Gasteiger partial charge in [-0.3, -0.25) is 4.79 Å². The van der Waals surface area contributed by atoms with Crippen LogP contribution in [0.1, 0.15) is 30.7 Å². The van der Waals surface area contributed by atoms with E-state index in [1.54, 1.807) is 41.5 Å². The third-order valence-corrected chi connectivity index (χ3v) is 7.60. The number of carbonyl (C=O) groups is 1. The maximum atomic E-state index is 12.7. The Hall–Kier alpha value is -2.89. The van der Waals surface area contributed by atoms with Crippen LogP contribution >= 0.6 is 11.6 Å². The van der Waals surface area contributed by atoms with Gasteiger partial charge in [0.2, 0.25) is 12.3 Å². The summed E-state index contributed by atoms with van der Waals surface area (Å²) in [5, 5.41) is 7.57. The zero-order chi connectivity index (χ0) is 25.8. The van der Waals surface area contributed by atoms with Gasteiger partial charge in [-0.05, 0) is 48.7 Å². The summed E-state index contributed by atoms with van der Waals surface area (Å²) in [6.07, 6.45) is 1.31. The molecule has 8 nitrogen and oxygen atoms in total. The normalized spacial score (nSPS) is 15.7. The van der Waals surface area contributed by atoms with Crippen molar-refractivity contribution < 1.29 is 22.2 Å². The van der Waals surface area contributed by atoms with Crippen molar-refractivity contribution in [2.75, 3.05) is 36.2 Å². The van der Waals surface area contributed by atoms with Crippen molar-refractivity contribution in [1.82, 2.24) is 14.5 Å². The van der Waals surface area contributed by atoms with Crippen LogP contribution in [0.15, 0.2) is 46.9 Å². The second kappa shape index (κ2) is 11.4. The van der Waals surface area contributed by atoms with E-state index in [2.05, 4.69) is 15.1 Å². The van der Waals surface area contributed by atoms with Gasteiger partial charge in [0.05, 0.1) is 28.9 Å². The van der Waals surface area contributed by atoms with Crippen molar-refractivity contribution in [1.29, 1.82) is 0 Å². The second-order valence-electron chi connectivity index (χ2n) is 8.50. The third-order valence-electron chi connectivity index (χ3n) is 6.27. The van der Waals surface area contributed by atoms with Crippen molar-refractivity contribution >= 4 is 40.4 Å². The summed E-state index contributed by atoms with van der Waals surface area (Å²) in [5.74, 6) is -0.724. The lowest BCUT2D eigenvalue weighted by Crippen LogP contribution is -2.44. The molecule has 2 aromatic carbocycles. The number of halogens is 3. The third kappa shape index (κ3) is 5.91. The minimum atomic E-state index is -2.83. The molecule has 3 aromatic rings. The van der Waals surface area contributed by atoms with Crippen molar-refractivity contribution in [3.8, 4) is 11.5 Å². The number of piperidine rings is 1. The zero-order valence-electron chi connectivity index (χ0n) is 19.8. The first-order valence-electron chi connectivity index (χ1n) is 11.3. The maximum Gasteiger partial charge on any atom is 0.314 e. The molecule has 1 fully saturated rings. The highest BCUT2D eigenvalue weighted by Gasteiger charge is 2.26. The fourth-order valence-electron chi connectivity index (χ4n) is 4.27. The Kier molecular flexibility index (Phi) is 8.32. The van der Waals surface area contributed by atoms with Crippen molar-refractivity contribution in [2.45, 2.75) is 31.9 Å². The van der Waals surface area contributed by atoms with Crippen LogP contribution in [0.4, 0.5) is 20.2 Å². The number of rotatable bonds is 9. The smallest absolute Gasteiger partial charge is 0.314 e. The lowest BCUT2D eigenvalue weighted by Gasteiger charge is -2.38. The van der Waals surface area contributed by atoms with Gasteiger partial charge in [0.25, 0.3) is 5.89 Å². The van der Waals surface area contributed by atoms with E-state index in [-0.39, 0.29) is 18.5 Å². The molecule has 12 heteroatoms. The minimum Gasteiger partial charge on any atom is -0.415 e. The fraction of sp³-hybridized carbons (Fsp3) is 0.375. The van der Waals surface area contributed by atoms with E-state index < -0.39 is 23.3 Å². The number of hydrogen-bond donors (Lipinski definition) is 0. The van der Waals surface area contributed by atoms with E-state index in [9.17, 15) is 17.8 Å². The Morgan fingerprint density at radius 1 is 1.17 bits per heavy atom. The summed E-state index contributed by atoms with van der Waals surface area (Å²) >= 11 is 6.32. The van der Waals surface area contributed by atoms with Crippen LogP contribution in [0.5, 0.6) is 0 Å². The Morgan fingerprint density at radius 2 is 1.86 bits per heavy atom. The lowest BCUT2D eigenvalue weighted by atomic mass is 10.0. The number of amides is 1. The largest absolute Gasteiger partial charge is 0.415 e. The number of carbonyl (C=O) groups excluding carboxylic acids is 1. The molecule has 0 bridgehead atoms. The molecule has 1 aliphatic rings. The first kappa shape index (κ1) is 26.2. The van der Waals surface area contributed by atoms with E-state index in [0.717, 1.165) is 43.6 Å². The number of hydrogen-bond acceptors (Lipinski definition) is 6. The molecule has 36 heavy (non-hydrogen) atoms. The molecule has 1 unspecified atom stereocenters. The van der Waals surface area contributed by atoms with Crippen LogP contribution in [0, 0.1) is 0 Å². The molecule has 1 atom stereocenters. The zero-order valence-corrected chi connectivity index (χ0v) is 21.4. The van der Waals surface area contributed by atoms with Crippen LogP contribution in [0.2, 0.25) is 5.02 Å². The first-order chi connectivity index (χ1) is 17.3. The lowest BCUT2D eigenvalue weighted by molar-refractivity contribution is -0.107. The van der Waals surface area contributed by atoms with Crippen LogP contribution in [-0.2, 0) is 22.3 Å². The average Bonchev–Trinajstić information content (AvgIpc) is 3.38. The molecule has 2 heterocycles. The Balaban J connectivity index is 1.52. The highest BCUT2D eigenvalue weighted by atomic mass is 35.5. The molecule has 0 aliphatic carbocycles. The monoisotopic (exact) mass is 537 g/mol. The number of aromatic nitrogens is 2. The molecule has 0 saturated carbocycles. The molecule has 0 radical (unpaired) electrons. The highest BCUT2D eigenvalue weighted by Crippen LogP contribution is 2.35. The topological polar surface area (TPSA) is 82.8 Å². The van der Waals surface area contributed by atoms with Gasteiger partial charge >= 0.3 is 6.43 Å². The number of alkyl halides is 2. The molecule has 0 N–H and O–H groups in total. The summed E-state index contributed by atoms with van der Waals surface area (Å²) in [7, 11) is 0.994. The van der Waals surface area contributed by atoms with Crippen molar-refractivity contribution in [2.24, 2.45) is 0 Å². The van der Waals surface area contributed by atoms with E-state index in [4.69, 9.17) is 16.0 Å². The molecule has 1 aliphatic heterocycles. The molecular weight excluding hydrogens is 512 g/mol. The minimum absolute atomic E-state index is 0.00339. The highest BCUT2D eigenvalue weighted by molar-refractivity contribution is 7.81. The van der Waals surface area contributed by atoms with E-state index in [1.165, 1.54) is 0 Å². The van der Waals surface area contributed by atoms with Crippen LogP contribution in [-0.4, -0.2) is 57.6 Å². The number of benzene rings is 2. The Morgan fingerprint density at radius 3 is 2.44 bits per heavy atom. The standard InChI is InChI=1S/C24H26ClF2N5O3S/c1-30(19-9-11-32(12-10-19)36(2)34)21-13-18(25)7-8-20(21)31(15-33)14-16-3-5-17(6-4-16)23-28-29-24(35-23)22(26)27/h3-8,13,15,19,22H,9-12,14H2,1-2H3. The quantitative estimate of drug-likeness (QED) is 0.368. The van der Waals surface area contributed by atoms with Crippen LogP contribution < -0.4 is 9.80 Å². The van der Waals surface area contributed by atoms with Gasteiger partial charge in [-0.15, -0.1) is 10.2 Å². The molecule has 4 rings (SSSR count). The fourth-order valence-corrected chi connectivity index (χ4v) is 5.16. The Labute approximate surface area is 215 Å². The molecular formula is C24H26ClF2N5O3S. The van der Waals surface area contributed by atoms with E-state index in [0.29, 0.717) is 16.3 Å². The van der Waals surface area contributed by atoms with Crippen LogP contribution in [0.3, 0.4) is 0 Å². The van der Waals surface area contributed by atoms with E-state index in [1.807, 2.05) is 23.5 Å². The average molecular weight is 538 g/mol. The molecule has 1 amide bonds. The number of nitrogens with zero attached hydrogens (tertiary/aromatic N) is 5. The molecule has 192 valence electrons. The van der Waals surface area contributed by atoms with Gasteiger partial charge < -0.3 is 14.2 Å². The Bertz CT molecular complexity index is 1220. The second-order valence-corrected chi connectivity index (χ2v) is 10.3.